The molecule has 114 valence electrons. The standard InChI is InChI=1S/C15H28N4O/c1-6-12(7-2)19(9-11(4)5)14-13(16)15(20-8-3)18-10-17-14/h10-12H,6-9,16H2,1-5H3. The van der Waals surface area contributed by atoms with Crippen LogP contribution < -0.4 is 15.4 Å². The molecule has 0 radical (unpaired) electrons. The highest BCUT2D eigenvalue weighted by molar-refractivity contribution is 5.68. The lowest BCUT2D eigenvalue weighted by molar-refractivity contribution is 0.328. The van der Waals surface area contributed by atoms with Gasteiger partial charge in [-0.15, -0.1) is 0 Å². The van der Waals surface area contributed by atoms with Gasteiger partial charge < -0.3 is 15.4 Å². The zero-order valence-electron chi connectivity index (χ0n) is 13.4. The molecular formula is C15H28N4O. The van der Waals surface area contributed by atoms with Gasteiger partial charge in [0.2, 0.25) is 5.88 Å². The molecule has 0 unspecified atom stereocenters. The van der Waals surface area contributed by atoms with Gasteiger partial charge in [-0.25, -0.2) is 4.98 Å². The summed E-state index contributed by atoms with van der Waals surface area (Å²) in [5.74, 6) is 1.82. The minimum atomic E-state index is 0.434. The molecule has 1 aromatic rings. The van der Waals surface area contributed by atoms with Crippen molar-refractivity contribution < 1.29 is 4.74 Å². The number of rotatable bonds is 8. The Hall–Kier alpha value is -1.52. The Morgan fingerprint density at radius 1 is 1.20 bits per heavy atom. The van der Waals surface area contributed by atoms with Crippen LogP contribution in [0.4, 0.5) is 11.5 Å². The molecule has 1 aromatic heterocycles. The fraction of sp³-hybridized carbons (Fsp3) is 0.733. The summed E-state index contributed by atoms with van der Waals surface area (Å²) < 4.78 is 5.48. The van der Waals surface area contributed by atoms with Crippen molar-refractivity contribution in [2.24, 2.45) is 5.92 Å². The largest absolute Gasteiger partial charge is 0.476 e. The number of hydrogen-bond donors (Lipinski definition) is 1. The molecule has 1 rings (SSSR count). The smallest absolute Gasteiger partial charge is 0.242 e. The van der Waals surface area contributed by atoms with Gasteiger partial charge >= 0.3 is 0 Å². The molecule has 20 heavy (non-hydrogen) atoms. The van der Waals surface area contributed by atoms with Crippen LogP contribution in [0, 0.1) is 5.92 Å². The summed E-state index contributed by atoms with van der Waals surface area (Å²) in [6.07, 6.45) is 3.67. The van der Waals surface area contributed by atoms with Crippen LogP contribution >= 0.6 is 0 Å². The van der Waals surface area contributed by atoms with Crippen LogP contribution in [-0.2, 0) is 0 Å². The average Bonchev–Trinajstić information content (AvgIpc) is 2.41. The average molecular weight is 280 g/mol. The Labute approximate surface area is 122 Å². The molecule has 0 saturated carbocycles. The molecular weight excluding hydrogens is 252 g/mol. The third-order valence-electron chi connectivity index (χ3n) is 3.32. The fourth-order valence-electron chi connectivity index (χ4n) is 2.38. The zero-order chi connectivity index (χ0) is 15.1. The molecule has 0 aliphatic heterocycles. The van der Waals surface area contributed by atoms with E-state index in [0.29, 0.717) is 30.1 Å². The van der Waals surface area contributed by atoms with Crippen molar-refractivity contribution in [1.82, 2.24) is 9.97 Å². The maximum absolute atomic E-state index is 6.20. The van der Waals surface area contributed by atoms with Gasteiger partial charge in [-0.2, -0.15) is 4.98 Å². The second-order valence-electron chi connectivity index (χ2n) is 5.37. The molecule has 5 nitrogen and oxygen atoms in total. The van der Waals surface area contributed by atoms with Crippen molar-refractivity contribution in [2.45, 2.75) is 53.5 Å². The van der Waals surface area contributed by atoms with E-state index in [1.54, 1.807) is 0 Å². The van der Waals surface area contributed by atoms with E-state index in [0.717, 1.165) is 25.2 Å². The minimum absolute atomic E-state index is 0.434. The van der Waals surface area contributed by atoms with Gasteiger partial charge in [-0.3, -0.25) is 0 Å². The van der Waals surface area contributed by atoms with E-state index >= 15 is 0 Å². The molecule has 0 spiro atoms. The zero-order valence-corrected chi connectivity index (χ0v) is 13.4. The molecule has 0 aliphatic carbocycles. The van der Waals surface area contributed by atoms with Crippen LogP contribution in [0.1, 0.15) is 47.5 Å². The molecule has 1 heterocycles. The first-order valence-corrected chi connectivity index (χ1v) is 7.54. The maximum atomic E-state index is 6.20. The van der Waals surface area contributed by atoms with Crippen LogP contribution in [0.3, 0.4) is 0 Å². The van der Waals surface area contributed by atoms with E-state index in [-0.39, 0.29) is 0 Å². The molecule has 2 N–H and O–H groups in total. The van der Waals surface area contributed by atoms with Crippen molar-refractivity contribution in [3.63, 3.8) is 0 Å². The summed E-state index contributed by atoms with van der Waals surface area (Å²) >= 11 is 0. The Kier molecular flexibility index (Phi) is 6.55. The minimum Gasteiger partial charge on any atom is -0.476 e. The van der Waals surface area contributed by atoms with E-state index < -0.39 is 0 Å². The quantitative estimate of drug-likeness (QED) is 0.792. The first-order valence-electron chi connectivity index (χ1n) is 7.54. The Morgan fingerprint density at radius 2 is 1.85 bits per heavy atom. The second kappa shape index (κ2) is 7.92. The molecule has 0 saturated heterocycles. The van der Waals surface area contributed by atoms with Crippen LogP contribution in [0.15, 0.2) is 6.33 Å². The monoisotopic (exact) mass is 280 g/mol. The highest BCUT2D eigenvalue weighted by Crippen LogP contribution is 2.31. The molecule has 5 heteroatoms. The third-order valence-corrected chi connectivity index (χ3v) is 3.32. The lowest BCUT2D eigenvalue weighted by Gasteiger charge is -2.33. The third kappa shape index (κ3) is 3.99. The fourth-order valence-corrected chi connectivity index (χ4v) is 2.38. The highest BCUT2D eigenvalue weighted by Gasteiger charge is 2.22. The summed E-state index contributed by atoms with van der Waals surface area (Å²) in [7, 11) is 0. The summed E-state index contributed by atoms with van der Waals surface area (Å²) in [5.41, 5.74) is 6.74. The van der Waals surface area contributed by atoms with Gasteiger partial charge in [-0.1, -0.05) is 27.7 Å². The summed E-state index contributed by atoms with van der Waals surface area (Å²) in [6, 6.07) is 0.434. The number of anilines is 2. The van der Waals surface area contributed by atoms with Gasteiger partial charge in [0.1, 0.15) is 12.0 Å². The van der Waals surface area contributed by atoms with Crippen molar-refractivity contribution in [3.05, 3.63) is 6.33 Å². The molecule has 0 fully saturated rings. The number of ether oxygens (including phenoxy) is 1. The molecule has 0 atom stereocenters. The van der Waals surface area contributed by atoms with E-state index in [4.69, 9.17) is 10.5 Å². The van der Waals surface area contributed by atoms with Crippen LogP contribution in [0.25, 0.3) is 0 Å². The maximum Gasteiger partial charge on any atom is 0.242 e. The summed E-state index contributed by atoms with van der Waals surface area (Å²) in [6.45, 7) is 12.2. The molecule has 0 amide bonds. The van der Waals surface area contributed by atoms with Crippen molar-refractivity contribution in [1.29, 1.82) is 0 Å². The van der Waals surface area contributed by atoms with Gasteiger partial charge in [-0.05, 0) is 25.7 Å². The number of aromatic nitrogens is 2. The number of nitrogens with zero attached hydrogens (tertiary/aromatic N) is 3. The number of nitrogens with two attached hydrogens (primary N) is 1. The van der Waals surface area contributed by atoms with Crippen molar-refractivity contribution >= 4 is 11.5 Å². The van der Waals surface area contributed by atoms with Crippen molar-refractivity contribution in [3.8, 4) is 5.88 Å². The van der Waals surface area contributed by atoms with Gasteiger partial charge in [0.15, 0.2) is 5.82 Å². The van der Waals surface area contributed by atoms with Crippen LogP contribution in [0.5, 0.6) is 5.88 Å². The van der Waals surface area contributed by atoms with Crippen LogP contribution in [0.2, 0.25) is 0 Å². The normalized spacial score (nSPS) is 11.2. The van der Waals surface area contributed by atoms with Crippen LogP contribution in [-0.4, -0.2) is 29.2 Å². The molecule has 0 bridgehead atoms. The first-order chi connectivity index (χ1) is 9.54. The Bertz CT molecular complexity index is 405. The summed E-state index contributed by atoms with van der Waals surface area (Å²) in [4.78, 5) is 10.8. The van der Waals surface area contributed by atoms with E-state index in [1.807, 2.05) is 6.92 Å². The SMILES string of the molecule is CCOc1ncnc(N(CC(C)C)C(CC)CC)c1N. The summed E-state index contributed by atoms with van der Waals surface area (Å²) in [5, 5.41) is 0. The predicted octanol–water partition coefficient (Wildman–Crippen LogP) is 3.11. The first kappa shape index (κ1) is 16.5. The van der Waals surface area contributed by atoms with E-state index in [9.17, 15) is 0 Å². The van der Waals surface area contributed by atoms with Gasteiger partial charge in [0.25, 0.3) is 0 Å². The predicted molar refractivity (Wildman–Crippen MR) is 84.2 cm³/mol. The second-order valence-corrected chi connectivity index (χ2v) is 5.37. The Morgan fingerprint density at radius 3 is 2.35 bits per heavy atom. The van der Waals surface area contributed by atoms with Crippen molar-refractivity contribution in [2.75, 3.05) is 23.8 Å². The number of nitrogen functional groups attached to an aromatic ring is 1. The lowest BCUT2D eigenvalue weighted by atomic mass is 10.1. The van der Waals surface area contributed by atoms with Gasteiger partial charge in [0.05, 0.1) is 6.61 Å². The Balaban J connectivity index is 3.15. The topological polar surface area (TPSA) is 64.3 Å². The molecule has 0 aromatic carbocycles. The highest BCUT2D eigenvalue weighted by atomic mass is 16.5. The van der Waals surface area contributed by atoms with E-state index in [1.165, 1.54) is 6.33 Å². The van der Waals surface area contributed by atoms with E-state index in [2.05, 4.69) is 42.6 Å². The van der Waals surface area contributed by atoms with Gasteiger partial charge in [0, 0.05) is 12.6 Å². The number of hydrogen-bond acceptors (Lipinski definition) is 5. The lowest BCUT2D eigenvalue weighted by Crippen LogP contribution is -2.38. The molecule has 0 aliphatic rings.